The second-order valence-electron chi connectivity index (χ2n) is 7.42. The Morgan fingerprint density at radius 1 is 1.20 bits per heavy atom. The molecule has 0 amide bonds. The van der Waals surface area contributed by atoms with Crippen molar-refractivity contribution in [3.8, 4) is 16.9 Å². The topological polar surface area (TPSA) is 63.2 Å². The summed E-state index contributed by atoms with van der Waals surface area (Å²) < 4.78 is 10.8. The summed E-state index contributed by atoms with van der Waals surface area (Å²) in [6.07, 6.45) is 2.25. The summed E-state index contributed by atoms with van der Waals surface area (Å²) in [7, 11) is 3.66. The van der Waals surface area contributed by atoms with Crippen LogP contribution in [-0.4, -0.2) is 51.0 Å². The first-order chi connectivity index (χ1) is 14.5. The number of benzene rings is 2. The van der Waals surface area contributed by atoms with Crippen molar-refractivity contribution >= 4 is 12.2 Å². The summed E-state index contributed by atoms with van der Waals surface area (Å²) in [5, 5.41) is 9.78. The van der Waals surface area contributed by atoms with Crippen LogP contribution in [0.5, 0.6) is 5.75 Å². The number of hydrogen-bond acceptors (Lipinski definition) is 6. The number of nitrogens with zero attached hydrogens (tertiary/aromatic N) is 2. The monoisotopic (exact) mass is 409 g/mol. The van der Waals surface area contributed by atoms with E-state index in [9.17, 15) is 4.79 Å². The fourth-order valence-corrected chi connectivity index (χ4v) is 3.73. The lowest BCUT2D eigenvalue weighted by atomic mass is 9.91. The Morgan fingerprint density at radius 3 is 2.70 bits per heavy atom. The van der Waals surface area contributed by atoms with Crippen LogP contribution in [0.4, 0.5) is 0 Å². The summed E-state index contributed by atoms with van der Waals surface area (Å²) in [4.78, 5) is 12.0. The number of methoxy groups -OCH3 is 1. The molecule has 6 heteroatoms. The van der Waals surface area contributed by atoms with E-state index in [-0.39, 0.29) is 12.4 Å². The van der Waals surface area contributed by atoms with Crippen LogP contribution in [0, 0.1) is 0 Å². The molecular weight excluding hydrogens is 378 g/mol. The first-order valence-corrected chi connectivity index (χ1v) is 10.5. The predicted molar refractivity (Wildman–Crippen MR) is 120 cm³/mol. The largest absolute Gasteiger partial charge is 0.496 e. The van der Waals surface area contributed by atoms with Gasteiger partial charge in [-0.15, -0.1) is 0 Å². The number of likely N-dealkylation sites (N-methyl/N-ethyl adjacent to an activating group) is 1. The van der Waals surface area contributed by atoms with Crippen LogP contribution in [0.2, 0.25) is 0 Å². The zero-order chi connectivity index (χ0) is 21.5. The zero-order valence-electron chi connectivity index (χ0n) is 18.3. The third-order valence-corrected chi connectivity index (χ3v) is 5.24. The Kier molecular flexibility index (Phi) is 7.46. The van der Waals surface area contributed by atoms with E-state index in [1.807, 2.05) is 43.4 Å². The van der Waals surface area contributed by atoms with Gasteiger partial charge >= 0.3 is 5.97 Å². The molecule has 1 aliphatic rings. The van der Waals surface area contributed by atoms with E-state index in [1.54, 1.807) is 7.11 Å². The Labute approximate surface area is 178 Å². The molecule has 0 fully saturated rings. The quantitative estimate of drug-likeness (QED) is 0.641. The van der Waals surface area contributed by atoms with Gasteiger partial charge < -0.3 is 14.8 Å². The Morgan fingerprint density at radius 2 is 2.03 bits per heavy atom. The Balaban J connectivity index is 1.99. The number of hydrazone groups is 1. The zero-order valence-corrected chi connectivity index (χ0v) is 18.3. The molecule has 1 heterocycles. The van der Waals surface area contributed by atoms with Crippen LogP contribution in [-0.2, 0) is 22.5 Å². The number of esters is 1. The molecule has 0 bridgehead atoms. The van der Waals surface area contributed by atoms with Crippen molar-refractivity contribution in [3.63, 3.8) is 0 Å². The minimum atomic E-state index is -0.221. The number of nitrogens with one attached hydrogen (secondary N) is 1. The third-order valence-electron chi connectivity index (χ3n) is 5.24. The molecule has 0 radical (unpaired) electrons. The molecule has 0 saturated carbocycles. The van der Waals surface area contributed by atoms with E-state index in [0.717, 1.165) is 42.1 Å². The van der Waals surface area contributed by atoms with Crippen molar-refractivity contribution in [2.75, 3.05) is 33.9 Å². The number of rotatable bonds is 9. The smallest absolute Gasteiger partial charge is 0.310 e. The van der Waals surface area contributed by atoms with Gasteiger partial charge in [0.15, 0.2) is 0 Å². The lowest BCUT2D eigenvalue weighted by Crippen LogP contribution is -2.15. The lowest BCUT2D eigenvalue weighted by Gasteiger charge is -2.18. The van der Waals surface area contributed by atoms with Crippen molar-refractivity contribution in [3.05, 3.63) is 53.1 Å². The van der Waals surface area contributed by atoms with E-state index in [0.29, 0.717) is 12.5 Å². The van der Waals surface area contributed by atoms with Crippen molar-refractivity contribution in [1.29, 1.82) is 0 Å². The normalized spacial score (nSPS) is 15.5. The maximum Gasteiger partial charge on any atom is 0.310 e. The summed E-state index contributed by atoms with van der Waals surface area (Å²) in [5.74, 6) is 0.859. The Hall–Kier alpha value is -2.86. The molecule has 0 aliphatic carbocycles. The molecule has 1 aliphatic heterocycles. The van der Waals surface area contributed by atoms with E-state index < -0.39 is 0 Å². The first kappa shape index (κ1) is 21.8. The van der Waals surface area contributed by atoms with Crippen molar-refractivity contribution in [2.45, 2.75) is 32.7 Å². The van der Waals surface area contributed by atoms with Gasteiger partial charge in [-0.25, -0.2) is 0 Å². The van der Waals surface area contributed by atoms with Crippen molar-refractivity contribution in [2.24, 2.45) is 5.10 Å². The summed E-state index contributed by atoms with van der Waals surface area (Å²) in [6, 6.07) is 12.4. The van der Waals surface area contributed by atoms with Crippen LogP contribution in [0.3, 0.4) is 0 Å². The van der Waals surface area contributed by atoms with Gasteiger partial charge in [-0.3, -0.25) is 9.80 Å². The highest BCUT2D eigenvalue weighted by Crippen LogP contribution is 2.35. The number of hydrogen-bond donors (Lipinski definition) is 1. The van der Waals surface area contributed by atoms with Gasteiger partial charge in [0.05, 0.1) is 20.1 Å². The van der Waals surface area contributed by atoms with Crippen LogP contribution in [0.15, 0.2) is 41.5 Å². The van der Waals surface area contributed by atoms with E-state index in [1.165, 1.54) is 11.1 Å². The lowest BCUT2D eigenvalue weighted by molar-refractivity contribution is -0.142. The number of carbonyl (C=O) groups excluding carboxylic acids is 1. The number of carbonyl (C=O) groups is 1. The maximum absolute atomic E-state index is 12.0. The molecule has 0 saturated heterocycles. The fraction of sp³-hybridized carbons (Fsp3) is 0.417. The minimum absolute atomic E-state index is 0.221. The van der Waals surface area contributed by atoms with Crippen molar-refractivity contribution in [1.82, 2.24) is 10.3 Å². The van der Waals surface area contributed by atoms with Crippen LogP contribution < -0.4 is 10.1 Å². The molecule has 0 aromatic heterocycles. The third kappa shape index (κ3) is 5.19. The van der Waals surface area contributed by atoms with E-state index in [4.69, 9.17) is 9.47 Å². The van der Waals surface area contributed by atoms with Gasteiger partial charge in [-0.2, -0.15) is 5.10 Å². The summed E-state index contributed by atoms with van der Waals surface area (Å²) in [5.41, 5.74) is 5.44. The molecule has 3 rings (SSSR count). The van der Waals surface area contributed by atoms with Crippen molar-refractivity contribution < 1.29 is 14.3 Å². The molecule has 2 aromatic carbocycles. The fourth-order valence-electron chi connectivity index (χ4n) is 3.73. The molecule has 2 aromatic rings. The molecule has 160 valence electrons. The van der Waals surface area contributed by atoms with Gasteiger partial charge in [-0.05, 0) is 47.9 Å². The maximum atomic E-state index is 12.0. The van der Waals surface area contributed by atoms with Crippen LogP contribution in [0.25, 0.3) is 11.1 Å². The second-order valence-corrected chi connectivity index (χ2v) is 7.42. The molecule has 30 heavy (non-hydrogen) atoms. The van der Waals surface area contributed by atoms with Crippen LogP contribution >= 0.6 is 0 Å². The van der Waals surface area contributed by atoms with Gasteiger partial charge in [0, 0.05) is 37.8 Å². The highest BCUT2D eigenvalue weighted by atomic mass is 16.5. The van der Waals surface area contributed by atoms with E-state index in [2.05, 4.69) is 35.5 Å². The highest BCUT2D eigenvalue weighted by molar-refractivity contribution is 5.78. The summed E-state index contributed by atoms with van der Waals surface area (Å²) >= 11 is 0. The van der Waals surface area contributed by atoms with Gasteiger partial charge in [0.25, 0.3) is 0 Å². The second kappa shape index (κ2) is 10.3. The summed E-state index contributed by atoms with van der Waals surface area (Å²) in [6.45, 7) is 6.83. The number of ether oxygens (including phenoxy) is 2. The average Bonchev–Trinajstić information content (AvgIpc) is 3.18. The van der Waals surface area contributed by atoms with Gasteiger partial charge in [0.1, 0.15) is 5.75 Å². The standard InChI is InChI=1S/C24H31N3O3/c1-5-25-14-19-13-18(20-15-26-27(3)16-20)8-9-21(19)22-11-17(7-10-23(22)29-4)12-24(28)30-6-2/h7-11,13,15,20,25H,5-6,12,14,16H2,1-4H3. The molecular formula is C24H31N3O3. The Bertz CT molecular complexity index is 911. The average molecular weight is 410 g/mol. The highest BCUT2D eigenvalue weighted by Gasteiger charge is 2.19. The first-order valence-electron chi connectivity index (χ1n) is 10.5. The molecule has 0 spiro atoms. The van der Waals surface area contributed by atoms with Gasteiger partial charge in [-0.1, -0.05) is 31.2 Å². The minimum Gasteiger partial charge on any atom is -0.496 e. The molecule has 1 unspecified atom stereocenters. The SMILES string of the molecule is CCNCc1cc(C2C=NN(C)C2)ccc1-c1cc(CC(=O)OCC)ccc1OC. The molecule has 1 atom stereocenters. The predicted octanol–water partition coefficient (Wildman–Crippen LogP) is 3.59. The van der Waals surface area contributed by atoms with E-state index >= 15 is 0 Å². The molecule has 1 N–H and O–H groups in total. The molecule has 6 nitrogen and oxygen atoms in total. The van der Waals surface area contributed by atoms with Crippen LogP contribution in [0.1, 0.15) is 36.5 Å². The van der Waals surface area contributed by atoms with Gasteiger partial charge in [0.2, 0.25) is 0 Å².